The first-order valence-electron chi connectivity index (χ1n) is 8.24. The van der Waals surface area contributed by atoms with Gasteiger partial charge >= 0.3 is 5.97 Å². The van der Waals surface area contributed by atoms with Crippen LogP contribution < -0.4 is 0 Å². The second-order valence-electron chi connectivity index (χ2n) is 5.94. The Hall–Kier alpha value is -3.42. The molecule has 0 saturated heterocycles. The van der Waals surface area contributed by atoms with Crippen LogP contribution in [0, 0.1) is 10.1 Å². The maximum atomic E-state index is 12.2. The fourth-order valence-corrected chi connectivity index (χ4v) is 3.17. The quantitative estimate of drug-likeness (QED) is 0.236. The predicted octanol–water partition coefficient (Wildman–Crippen LogP) is 5.51. The van der Waals surface area contributed by atoms with Crippen molar-refractivity contribution in [1.82, 2.24) is 0 Å². The van der Waals surface area contributed by atoms with E-state index in [0.717, 1.165) is 11.6 Å². The van der Waals surface area contributed by atoms with Gasteiger partial charge in [-0.25, -0.2) is 9.79 Å². The van der Waals surface area contributed by atoms with Crippen molar-refractivity contribution in [1.29, 1.82) is 0 Å². The SMILES string of the molecule is O=C1OC(c2ccc([N+](=O)[O-])cc2Cl)=N/C1=C\c1ccc(-c2ccccc2Cl)o1. The Bertz CT molecular complexity index is 1210. The molecule has 0 fully saturated rings. The number of ether oxygens (including phenoxy) is 1. The number of furan rings is 1. The number of halogens is 2. The molecule has 1 aliphatic rings. The second-order valence-corrected chi connectivity index (χ2v) is 6.75. The Balaban J connectivity index is 1.64. The Morgan fingerprint density at radius 1 is 1.00 bits per heavy atom. The molecule has 0 atom stereocenters. The summed E-state index contributed by atoms with van der Waals surface area (Å²) in [5.41, 5.74) is 0.816. The van der Waals surface area contributed by atoms with E-state index in [9.17, 15) is 14.9 Å². The Morgan fingerprint density at radius 2 is 1.79 bits per heavy atom. The van der Waals surface area contributed by atoms with Crippen molar-refractivity contribution in [3.05, 3.63) is 91.8 Å². The van der Waals surface area contributed by atoms with Gasteiger partial charge in [-0.3, -0.25) is 10.1 Å². The van der Waals surface area contributed by atoms with Crippen molar-refractivity contribution >= 4 is 46.8 Å². The zero-order valence-electron chi connectivity index (χ0n) is 14.5. The van der Waals surface area contributed by atoms with E-state index in [-0.39, 0.29) is 27.9 Å². The first-order chi connectivity index (χ1) is 13.9. The highest BCUT2D eigenvalue weighted by Gasteiger charge is 2.27. The highest BCUT2D eigenvalue weighted by atomic mass is 35.5. The molecule has 0 aliphatic carbocycles. The molecular weight excluding hydrogens is 419 g/mol. The van der Waals surface area contributed by atoms with Crippen LogP contribution in [0.3, 0.4) is 0 Å². The summed E-state index contributed by atoms with van der Waals surface area (Å²) in [6.45, 7) is 0. The highest BCUT2D eigenvalue weighted by molar-refractivity contribution is 6.34. The number of hydrogen-bond acceptors (Lipinski definition) is 6. The first kappa shape index (κ1) is 18.9. The molecule has 0 saturated carbocycles. The number of aliphatic imine (C=N–C) groups is 1. The minimum atomic E-state index is -0.690. The van der Waals surface area contributed by atoms with Gasteiger partial charge in [-0.05, 0) is 30.3 Å². The van der Waals surface area contributed by atoms with Crippen LogP contribution in [0.5, 0.6) is 0 Å². The van der Waals surface area contributed by atoms with E-state index in [4.69, 9.17) is 32.4 Å². The Morgan fingerprint density at radius 3 is 2.52 bits per heavy atom. The summed E-state index contributed by atoms with van der Waals surface area (Å²) in [6.07, 6.45) is 1.43. The molecule has 0 spiro atoms. The van der Waals surface area contributed by atoms with Gasteiger partial charge < -0.3 is 9.15 Å². The van der Waals surface area contributed by atoms with Gasteiger partial charge in [0, 0.05) is 23.8 Å². The van der Waals surface area contributed by atoms with Crippen molar-refractivity contribution in [3.63, 3.8) is 0 Å². The normalized spacial score (nSPS) is 14.8. The molecule has 7 nitrogen and oxygen atoms in total. The van der Waals surface area contributed by atoms with Crippen LogP contribution in [0.15, 0.2) is 69.7 Å². The van der Waals surface area contributed by atoms with Crippen molar-refractivity contribution in [2.75, 3.05) is 0 Å². The largest absolute Gasteiger partial charge is 0.457 e. The molecule has 3 aromatic rings. The third-order valence-electron chi connectivity index (χ3n) is 4.06. The van der Waals surface area contributed by atoms with Crippen LogP contribution in [-0.2, 0) is 9.53 Å². The summed E-state index contributed by atoms with van der Waals surface area (Å²) in [5, 5.41) is 11.4. The van der Waals surface area contributed by atoms with Gasteiger partial charge in [0.2, 0.25) is 5.90 Å². The fourth-order valence-electron chi connectivity index (χ4n) is 2.69. The topological polar surface area (TPSA) is 94.9 Å². The number of esters is 1. The molecule has 2 heterocycles. The van der Waals surface area contributed by atoms with E-state index in [1.165, 1.54) is 18.2 Å². The number of nitro groups is 1. The number of rotatable bonds is 4. The number of hydrogen-bond donors (Lipinski definition) is 0. The monoisotopic (exact) mass is 428 g/mol. The number of carbonyl (C=O) groups excluding carboxylic acids is 1. The molecule has 0 bridgehead atoms. The summed E-state index contributed by atoms with van der Waals surface area (Å²) in [5.74, 6) is 0.187. The van der Waals surface area contributed by atoms with E-state index in [1.54, 1.807) is 18.2 Å². The molecular formula is C20H10Cl2N2O5. The fraction of sp³-hybridized carbons (Fsp3) is 0. The van der Waals surface area contributed by atoms with Gasteiger partial charge in [0.05, 0.1) is 20.5 Å². The molecule has 29 heavy (non-hydrogen) atoms. The van der Waals surface area contributed by atoms with Gasteiger partial charge in [0.25, 0.3) is 5.69 Å². The van der Waals surface area contributed by atoms with E-state index in [2.05, 4.69) is 4.99 Å². The van der Waals surface area contributed by atoms with Crippen LogP contribution in [0.2, 0.25) is 10.0 Å². The molecule has 0 unspecified atom stereocenters. The summed E-state index contributed by atoms with van der Waals surface area (Å²) in [7, 11) is 0. The molecule has 1 aliphatic heterocycles. The van der Waals surface area contributed by atoms with Crippen molar-refractivity contribution in [3.8, 4) is 11.3 Å². The molecule has 9 heteroatoms. The average molecular weight is 429 g/mol. The number of benzene rings is 2. The molecule has 0 radical (unpaired) electrons. The lowest BCUT2D eigenvalue weighted by molar-refractivity contribution is -0.384. The van der Waals surface area contributed by atoms with Crippen LogP contribution in [0.1, 0.15) is 11.3 Å². The summed E-state index contributed by atoms with van der Waals surface area (Å²) in [6, 6.07) is 14.4. The molecule has 0 N–H and O–H groups in total. The van der Waals surface area contributed by atoms with Gasteiger partial charge in [0.1, 0.15) is 11.5 Å². The third-order valence-corrected chi connectivity index (χ3v) is 4.70. The maximum Gasteiger partial charge on any atom is 0.363 e. The lowest BCUT2D eigenvalue weighted by Gasteiger charge is -2.02. The minimum absolute atomic E-state index is 0.00878. The standard InChI is InChI=1S/C20H10Cl2N2O5/c21-15-4-2-1-3-13(15)18-8-6-12(28-18)10-17-20(25)29-19(23-17)14-7-5-11(24(26)27)9-16(14)22/h1-10H/b17-10-. The lowest BCUT2D eigenvalue weighted by atomic mass is 10.2. The first-order valence-corrected chi connectivity index (χ1v) is 8.99. The summed E-state index contributed by atoms with van der Waals surface area (Å²) < 4.78 is 10.9. The molecule has 4 rings (SSSR count). The van der Waals surface area contributed by atoms with Gasteiger partial charge in [-0.1, -0.05) is 35.3 Å². The van der Waals surface area contributed by atoms with Crippen LogP contribution in [0.4, 0.5) is 5.69 Å². The zero-order valence-corrected chi connectivity index (χ0v) is 16.0. The number of nitrogens with zero attached hydrogens (tertiary/aromatic N) is 2. The molecule has 2 aromatic carbocycles. The number of non-ortho nitro benzene ring substituents is 1. The number of nitro benzene ring substituents is 1. The van der Waals surface area contributed by atoms with E-state index in [1.807, 2.05) is 18.2 Å². The Labute approximate surface area is 174 Å². The smallest absolute Gasteiger partial charge is 0.363 e. The summed E-state index contributed by atoms with van der Waals surface area (Å²) >= 11 is 12.2. The van der Waals surface area contributed by atoms with E-state index >= 15 is 0 Å². The second kappa shape index (κ2) is 7.54. The average Bonchev–Trinajstić information content (AvgIpc) is 3.29. The van der Waals surface area contributed by atoms with Crippen LogP contribution >= 0.6 is 23.2 Å². The van der Waals surface area contributed by atoms with Crippen molar-refractivity contribution < 1.29 is 18.9 Å². The number of carbonyl (C=O) groups is 1. The highest BCUT2D eigenvalue weighted by Crippen LogP contribution is 2.31. The Kier molecular flexibility index (Phi) is 4.92. The summed E-state index contributed by atoms with van der Waals surface area (Å²) in [4.78, 5) is 26.5. The van der Waals surface area contributed by atoms with E-state index < -0.39 is 10.9 Å². The number of cyclic esters (lactones) is 1. The van der Waals surface area contributed by atoms with Crippen LogP contribution in [-0.4, -0.2) is 16.8 Å². The van der Waals surface area contributed by atoms with Crippen LogP contribution in [0.25, 0.3) is 17.4 Å². The van der Waals surface area contributed by atoms with Crippen molar-refractivity contribution in [2.45, 2.75) is 0 Å². The molecule has 0 amide bonds. The predicted molar refractivity (Wildman–Crippen MR) is 108 cm³/mol. The van der Waals surface area contributed by atoms with Gasteiger partial charge in [-0.15, -0.1) is 0 Å². The molecule has 1 aromatic heterocycles. The van der Waals surface area contributed by atoms with Gasteiger partial charge in [0.15, 0.2) is 5.70 Å². The third kappa shape index (κ3) is 3.78. The van der Waals surface area contributed by atoms with E-state index in [0.29, 0.717) is 16.5 Å². The lowest BCUT2D eigenvalue weighted by Crippen LogP contribution is -2.06. The van der Waals surface area contributed by atoms with Gasteiger partial charge in [-0.2, -0.15) is 0 Å². The maximum absolute atomic E-state index is 12.2. The zero-order chi connectivity index (χ0) is 20.5. The molecule has 144 valence electrons. The van der Waals surface area contributed by atoms with Crippen molar-refractivity contribution in [2.24, 2.45) is 4.99 Å². The minimum Gasteiger partial charge on any atom is -0.457 e.